The van der Waals surface area contributed by atoms with E-state index in [4.69, 9.17) is 0 Å². The van der Waals surface area contributed by atoms with E-state index in [9.17, 15) is 22.0 Å². The predicted octanol–water partition coefficient (Wildman–Crippen LogP) is 4.78. The molecule has 2 N–H and O–H groups in total. The van der Waals surface area contributed by atoms with Crippen molar-refractivity contribution in [2.45, 2.75) is 76.4 Å². The molecule has 0 aliphatic heterocycles. The molecule has 1 aromatic carbocycles. The first kappa shape index (κ1) is 31.1. The van der Waals surface area contributed by atoms with E-state index in [0.717, 1.165) is 37.8 Å². The summed E-state index contributed by atoms with van der Waals surface area (Å²) in [6.45, 7) is 3.51. The van der Waals surface area contributed by atoms with Gasteiger partial charge in [0.1, 0.15) is 16.9 Å². The van der Waals surface area contributed by atoms with Gasteiger partial charge in [0.15, 0.2) is 17.3 Å². The van der Waals surface area contributed by atoms with Crippen molar-refractivity contribution in [3.8, 4) is 11.3 Å². The Balaban J connectivity index is 1.43. The van der Waals surface area contributed by atoms with Crippen LogP contribution in [0.1, 0.15) is 58.4 Å². The zero-order chi connectivity index (χ0) is 31.3. The predicted molar refractivity (Wildman–Crippen MR) is 156 cm³/mol. The number of nitrogens with zero attached hydrogens (tertiary/aromatic N) is 5. The van der Waals surface area contributed by atoms with Gasteiger partial charge >= 0.3 is 0 Å². The number of rotatable bonds is 9. The second-order valence-corrected chi connectivity index (χ2v) is 13.7. The molecule has 0 saturated heterocycles. The minimum Gasteiger partial charge on any atom is -0.351 e. The van der Waals surface area contributed by atoms with Gasteiger partial charge in [-0.1, -0.05) is 0 Å². The van der Waals surface area contributed by atoms with Crippen molar-refractivity contribution in [2.24, 2.45) is 5.92 Å². The molecule has 2 aliphatic rings. The number of anilines is 2. The SMILES string of the molecule is CC(C)n1c(=O)c(-c2cc(F)c(NS(=O)(=O)CC3CCC3(F)F)c(F)c2)nc2cnc(N[C@H]3CC[C@H](N(C)C)CC3)nc21. The van der Waals surface area contributed by atoms with Crippen LogP contribution in [0.15, 0.2) is 23.1 Å². The molecule has 2 heterocycles. The minimum absolute atomic E-state index is 0.00732. The number of benzene rings is 1. The fourth-order valence-electron chi connectivity index (χ4n) is 5.70. The summed E-state index contributed by atoms with van der Waals surface area (Å²) in [5.41, 5.74) is -1.72. The monoisotopic (exact) mass is 625 g/mol. The molecule has 43 heavy (non-hydrogen) atoms. The number of halogens is 4. The van der Waals surface area contributed by atoms with Crippen LogP contribution in [-0.4, -0.2) is 70.7 Å². The molecule has 0 radical (unpaired) electrons. The molecule has 10 nitrogen and oxygen atoms in total. The quantitative estimate of drug-likeness (QED) is 0.326. The molecule has 2 aliphatic carbocycles. The van der Waals surface area contributed by atoms with Crippen molar-refractivity contribution in [3.05, 3.63) is 40.3 Å². The summed E-state index contributed by atoms with van der Waals surface area (Å²) < 4.78 is 85.2. The van der Waals surface area contributed by atoms with Gasteiger partial charge in [-0.05, 0) is 72.2 Å². The van der Waals surface area contributed by atoms with Crippen molar-refractivity contribution >= 4 is 32.8 Å². The second kappa shape index (κ2) is 11.6. The average molecular weight is 626 g/mol. The van der Waals surface area contributed by atoms with Crippen LogP contribution in [0.3, 0.4) is 0 Å². The fourth-order valence-corrected chi connectivity index (χ4v) is 7.23. The van der Waals surface area contributed by atoms with Gasteiger partial charge in [0.2, 0.25) is 16.0 Å². The van der Waals surface area contributed by atoms with Gasteiger partial charge < -0.3 is 10.2 Å². The first-order valence-corrected chi connectivity index (χ1v) is 15.9. The maximum atomic E-state index is 15.1. The Labute approximate surface area is 247 Å². The molecular formula is C28H35F4N7O3S. The first-order chi connectivity index (χ1) is 20.1. The summed E-state index contributed by atoms with van der Waals surface area (Å²) in [5.74, 6) is -7.84. The number of sulfonamides is 1. The third kappa shape index (κ3) is 6.47. The highest BCUT2D eigenvalue weighted by molar-refractivity contribution is 7.92. The molecule has 0 amide bonds. The van der Waals surface area contributed by atoms with Gasteiger partial charge in [0, 0.05) is 36.0 Å². The van der Waals surface area contributed by atoms with Crippen molar-refractivity contribution in [2.75, 3.05) is 29.9 Å². The lowest BCUT2D eigenvalue weighted by Gasteiger charge is -2.35. The van der Waals surface area contributed by atoms with Gasteiger partial charge in [-0.15, -0.1) is 0 Å². The summed E-state index contributed by atoms with van der Waals surface area (Å²) in [5, 5.41) is 3.35. The second-order valence-electron chi connectivity index (χ2n) is 11.9. The molecule has 1 atom stereocenters. The molecule has 5 rings (SSSR count). The summed E-state index contributed by atoms with van der Waals surface area (Å²) >= 11 is 0. The van der Waals surface area contributed by atoms with Gasteiger partial charge in [-0.2, -0.15) is 4.98 Å². The van der Waals surface area contributed by atoms with Crippen molar-refractivity contribution in [1.82, 2.24) is 24.4 Å². The van der Waals surface area contributed by atoms with E-state index in [2.05, 4.69) is 39.3 Å². The van der Waals surface area contributed by atoms with Crippen LogP contribution in [0.2, 0.25) is 0 Å². The zero-order valence-electron chi connectivity index (χ0n) is 24.4. The first-order valence-electron chi connectivity index (χ1n) is 14.2. The Morgan fingerprint density at radius 2 is 1.72 bits per heavy atom. The lowest BCUT2D eigenvalue weighted by molar-refractivity contribution is -0.122. The van der Waals surface area contributed by atoms with E-state index in [-0.39, 0.29) is 34.9 Å². The number of fused-ring (bicyclic) bond motifs is 1. The van der Waals surface area contributed by atoms with E-state index in [0.29, 0.717) is 12.0 Å². The van der Waals surface area contributed by atoms with Crippen LogP contribution in [0, 0.1) is 17.6 Å². The van der Waals surface area contributed by atoms with Gasteiger partial charge in [-0.25, -0.2) is 35.9 Å². The Morgan fingerprint density at radius 1 is 1.07 bits per heavy atom. The maximum absolute atomic E-state index is 15.1. The summed E-state index contributed by atoms with van der Waals surface area (Å²) in [6.07, 6.45) is 4.94. The lowest BCUT2D eigenvalue weighted by atomic mass is 9.82. The van der Waals surface area contributed by atoms with Crippen LogP contribution in [-0.2, 0) is 10.0 Å². The van der Waals surface area contributed by atoms with Crippen LogP contribution in [0.25, 0.3) is 22.4 Å². The molecule has 15 heteroatoms. The Kier molecular flexibility index (Phi) is 8.42. The Morgan fingerprint density at radius 3 is 2.26 bits per heavy atom. The standard InChI is InChI=1S/C28H35F4N7O3S/c1-15(2)39-25-22(13-33-27(36-25)34-18-5-7-19(8-6-18)38(3)4)35-23(26(39)40)16-11-20(29)24(21(30)12-16)37-43(41,42)14-17-9-10-28(17,31)32/h11-13,15,17-19,37H,5-10,14H2,1-4H3,(H,33,34,36)/t17?,18-,19-. The number of alkyl halides is 2. The van der Waals surface area contributed by atoms with Crippen molar-refractivity contribution in [1.29, 1.82) is 0 Å². The third-order valence-corrected chi connectivity index (χ3v) is 9.68. The molecule has 0 bridgehead atoms. The minimum atomic E-state index is -4.48. The van der Waals surface area contributed by atoms with Crippen LogP contribution < -0.4 is 15.6 Å². The molecule has 3 aromatic rings. The van der Waals surface area contributed by atoms with Crippen molar-refractivity contribution < 1.29 is 26.0 Å². The number of nitrogens with one attached hydrogen (secondary N) is 2. The number of hydrogen-bond acceptors (Lipinski definition) is 8. The van der Waals surface area contributed by atoms with E-state index in [1.165, 1.54) is 10.8 Å². The van der Waals surface area contributed by atoms with E-state index in [1.807, 2.05) is 0 Å². The normalized spacial score (nSPS) is 22.1. The molecule has 1 unspecified atom stereocenters. The smallest absolute Gasteiger partial charge is 0.278 e. The van der Waals surface area contributed by atoms with Crippen molar-refractivity contribution in [3.63, 3.8) is 0 Å². The van der Waals surface area contributed by atoms with Gasteiger partial charge in [0.05, 0.1) is 11.9 Å². The molecular weight excluding hydrogens is 590 g/mol. The Bertz CT molecular complexity index is 1670. The summed E-state index contributed by atoms with van der Waals surface area (Å²) in [6, 6.07) is 1.85. The summed E-state index contributed by atoms with van der Waals surface area (Å²) in [4.78, 5) is 29.0. The molecule has 2 fully saturated rings. The van der Waals surface area contributed by atoms with E-state index < -0.39 is 63.0 Å². The van der Waals surface area contributed by atoms with Crippen LogP contribution >= 0.6 is 0 Å². The maximum Gasteiger partial charge on any atom is 0.278 e. The zero-order valence-corrected chi connectivity index (χ0v) is 25.2. The van der Waals surface area contributed by atoms with Gasteiger partial charge in [0.25, 0.3) is 11.5 Å². The van der Waals surface area contributed by atoms with Gasteiger partial charge in [-0.3, -0.25) is 14.1 Å². The fraction of sp³-hybridized carbons (Fsp3) is 0.571. The van der Waals surface area contributed by atoms with E-state index >= 15 is 8.78 Å². The third-order valence-electron chi connectivity index (χ3n) is 8.33. The average Bonchev–Trinajstić information content (AvgIpc) is 2.93. The largest absolute Gasteiger partial charge is 0.351 e. The molecule has 0 spiro atoms. The van der Waals surface area contributed by atoms with Crippen LogP contribution in [0.4, 0.5) is 29.2 Å². The topological polar surface area (TPSA) is 122 Å². The highest BCUT2D eigenvalue weighted by atomic mass is 32.2. The number of hydrogen-bond donors (Lipinski definition) is 2. The summed E-state index contributed by atoms with van der Waals surface area (Å²) in [7, 11) is -0.345. The molecule has 2 saturated carbocycles. The van der Waals surface area contributed by atoms with Crippen LogP contribution in [0.5, 0.6) is 0 Å². The Hall–Kier alpha value is -3.33. The highest BCUT2D eigenvalue weighted by Gasteiger charge is 2.50. The molecule has 234 valence electrons. The number of aromatic nitrogens is 4. The lowest BCUT2D eigenvalue weighted by Crippen LogP contribution is -2.43. The van der Waals surface area contributed by atoms with E-state index in [1.54, 1.807) is 18.6 Å². The molecule has 2 aromatic heterocycles. The highest BCUT2D eigenvalue weighted by Crippen LogP contribution is 2.44.